The molecule has 22 heavy (non-hydrogen) atoms. The minimum Gasteiger partial charge on any atom is -0.462 e. The van der Waals surface area contributed by atoms with Gasteiger partial charge in [0.1, 0.15) is 11.0 Å². The van der Waals surface area contributed by atoms with Crippen LogP contribution in [0.2, 0.25) is 0 Å². The van der Waals surface area contributed by atoms with E-state index in [4.69, 9.17) is 10.5 Å². The topological polar surface area (TPSA) is 83.0 Å². The number of nitrogens with two attached hydrogens (primary N) is 1. The largest absolute Gasteiger partial charge is 0.462 e. The molecule has 0 atom stereocenters. The van der Waals surface area contributed by atoms with Crippen molar-refractivity contribution in [3.63, 3.8) is 0 Å². The maximum absolute atomic E-state index is 11.6. The Hall–Kier alpha value is -2.89. The van der Waals surface area contributed by atoms with Crippen LogP contribution >= 0.6 is 0 Å². The fourth-order valence-electron chi connectivity index (χ4n) is 2.14. The number of anilines is 1. The Morgan fingerprint density at radius 1 is 1.18 bits per heavy atom. The summed E-state index contributed by atoms with van der Waals surface area (Å²) in [5.41, 5.74) is 10.3. The lowest BCUT2D eigenvalue weighted by Gasteiger charge is -2.03. The zero-order valence-corrected chi connectivity index (χ0v) is 12.4. The average Bonchev–Trinajstić information content (AvgIpc) is 2.91. The standard InChI is InChI=1S/C16H16N4O2/c1-3-22-16(21)11-4-6-12(7-5-11)20-18-14-8-10(2)13(17)9-15(14)19-20/h4-9H,3,17H2,1-2H3. The fourth-order valence-corrected chi connectivity index (χ4v) is 2.14. The van der Waals surface area contributed by atoms with Crippen molar-refractivity contribution in [1.82, 2.24) is 15.0 Å². The summed E-state index contributed by atoms with van der Waals surface area (Å²) in [7, 11) is 0. The van der Waals surface area contributed by atoms with Crippen LogP contribution in [0.4, 0.5) is 5.69 Å². The molecule has 0 bridgehead atoms. The van der Waals surface area contributed by atoms with Gasteiger partial charge in [0.25, 0.3) is 0 Å². The molecule has 0 aliphatic rings. The highest BCUT2D eigenvalue weighted by Crippen LogP contribution is 2.19. The Balaban J connectivity index is 1.95. The number of aryl methyl sites for hydroxylation is 1. The highest BCUT2D eigenvalue weighted by molar-refractivity contribution is 5.89. The van der Waals surface area contributed by atoms with Gasteiger partial charge in [0, 0.05) is 5.69 Å². The molecule has 2 aromatic carbocycles. The third-order valence-corrected chi connectivity index (χ3v) is 3.38. The van der Waals surface area contributed by atoms with Crippen molar-refractivity contribution in [2.45, 2.75) is 13.8 Å². The number of aromatic nitrogens is 3. The van der Waals surface area contributed by atoms with Crippen molar-refractivity contribution >= 4 is 22.7 Å². The van der Waals surface area contributed by atoms with Crippen LogP contribution in [0.1, 0.15) is 22.8 Å². The molecule has 3 rings (SSSR count). The summed E-state index contributed by atoms with van der Waals surface area (Å²) in [6.45, 7) is 4.06. The summed E-state index contributed by atoms with van der Waals surface area (Å²) in [6, 6.07) is 10.7. The third-order valence-electron chi connectivity index (χ3n) is 3.38. The molecule has 6 heteroatoms. The van der Waals surface area contributed by atoms with Gasteiger partial charge in [0.2, 0.25) is 0 Å². The number of ether oxygens (including phenoxy) is 1. The first kappa shape index (κ1) is 14.1. The lowest BCUT2D eigenvalue weighted by Crippen LogP contribution is -2.05. The number of hydrogen-bond donors (Lipinski definition) is 1. The summed E-state index contributed by atoms with van der Waals surface area (Å²) in [6.07, 6.45) is 0. The zero-order chi connectivity index (χ0) is 15.7. The molecule has 0 saturated carbocycles. The maximum atomic E-state index is 11.6. The molecule has 1 heterocycles. The summed E-state index contributed by atoms with van der Waals surface area (Å²) < 4.78 is 4.96. The predicted octanol–water partition coefficient (Wildman–Crippen LogP) is 2.49. The maximum Gasteiger partial charge on any atom is 0.338 e. The molecule has 0 radical (unpaired) electrons. The van der Waals surface area contributed by atoms with Crippen molar-refractivity contribution < 1.29 is 9.53 Å². The fraction of sp³-hybridized carbons (Fsp3) is 0.188. The van der Waals surface area contributed by atoms with Gasteiger partial charge in [-0.05, 0) is 55.8 Å². The van der Waals surface area contributed by atoms with E-state index in [1.54, 1.807) is 37.3 Å². The second-order valence-electron chi connectivity index (χ2n) is 4.95. The van der Waals surface area contributed by atoms with Crippen LogP contribution in [-0.4, -0.2) is 27.6 Å². The lowest BCUT2D eigenvalue weighted by molar-refractivity contribution is 0.0526. The van der Waals surface area contributed by atoms with Crippen molar-refractivity contribution in [3.8, 4) is 5.69 Å². The van der Waals surface area contributed by atoms with E-state index in [1.807, 2.05) is 13.0 Å². The number of rotatable bonds is 3. The van der Waals surface area contributed by atoms with E-state index in [0.717, 1.165) is 22.3 Å². The molecule has 6 nitrogen and oxygen atoms in total. The van der Waals surface area contributed by atoms with Crippen LogP contribution in [0, 0.1) is 6.92 Å². The van der Waals surface area contributed by atoms with E-state index in [2.05, 4.69) is 10.2 Å². The Morgan fingerprint density at radius 3 is 2.45 bits per heavy atom. The number of benzene rings is 2. The van der Waals surface area contributed by atoms with Gasteiger partial charge in [0.05, 0.1) is 17.9 Å². The number of nitrogens with zero attached hydrogens (tertiary/aromatic N) is 3. The molecule has 112 valence electrons. The van der Waals surface area contributed by atoms with Gasteiger partial charge >= 0.3 is 5.97 Å². The van der Waals surface area contributed by atoms with Gasteiger partial charge in [-0.2, -0.15) is 4.80 Å². The Labute approximate surface area is 127 Å². The monoisotopic (exact) mass is 296 g/mol. The zero-order valence-electron chi connectivity index (χ0n) is 12.4. The van der Waals surface area contributed by atoms with Crippen molar-refractivity contribution in [2.24, 2.45) is 0 Å². The smallest absolute Gasteiger partial charge is 0.338 e. The molecule has 0 aliphatic heterocycles. The van der Waals surface area contributed by atoms with E-state index in [-0.39, 0.29) is 5.97 Å². The molecule has 0 unspecified atom stereocenters. The minimum atomic E-state index is -0.337. The summed E-state index contributed by atoms with van der Waals surface area (Å²) in [4.78, 5) is 13.2. The molecule has 1 aromatic heterocycles. The van der Waals surface area contributed by atoms with Gasteiger partial charge in [-0.25, -0.2) is 4.79 Å². The highest BCUT2D eigenvalue weighted by atomic mass is 16.5. The van der Waals surface area contributed by atoms with Gasteiger partial charge in [-0.3, -0.25) is 0 Å². The van der Waals surface area contributed by atoms with E-state index in [0.29, 0.717) is 17.9 Å². The first-order chi connectivity index (χ1) is 10.6. The summed E-state index contributed by atoms with van der Waals surface area (Å²) in [5.74, 6) is -0.337. The van der Waals surface area contributed by atoms with Crippen LogP contribution in [0.3, 0.4) is 0 Å². The number of esters is 1. The molecule has 0 fully saturated rings. The Bertz CT molecular complexity index is 798. The molecule has 2 N–H and O–H groups in total. The second-order valence-corrected chi connectivity index (χ2v) is 4.95. The van der Waals surface area contributed by atoms with Crippen molar-refractivity contribution in [3.05, 3.63) is 47.5 Å². The van der Waals surface area contributed by atoms with E-state index >= 15 is 0 Å². The van der Waals surface area contributed by atoms with Gasteiger partial charge in [-0.15, -0.1) is 10.2 Å². The normalized spacial score (nSPS) is 10.8. The van der Waals surface area contributed by atoms with E-state index in [1.165, 1.54) is 4.80 Å². The number of fused-ring (bicyclic) bond motifs is 1. The van der Waals surface area contributed by atoms with E-state index in [9.17, 15) is 4.79 Å². The molecule has 0 amide bonds. The number of nitrogen functional groups attached to an aromatic ring is 1. The van der Waals surface area contributed by atoms with Crippen LogP contribution in [0.15, 0.2) is 36.4 Å². The molecule has 0 aliphatic carbocycles. The van der Waals surface area contributed by atoms with Gasteiger partial charge in [-0.1, -0.05) is 0 Å². The number of carbonyl (C=O) groups is 1. The van der Waals surface area contributed by atoms with Crippen molar-refractivity contribution in [1.29, 1.82) is 0 Å². The number of carbonyl (C=O) groups excluding carboxylic acids is 1. The predicted molar refractivity (Wildman–Crippen MR) is 84.0 cm³/mol. The first-order valence-electron chi connectivity index (χ1n) is 6.99. The molecule has 0 saturated heterocycles. The Morgan fingerprint density at radius 2 is 1.82 bits per heavy atom. The molecular weight excluding hydrogens is 280 g/mol. The van der Waals surface area contributed by atoms with Gasteiger partial charge < -0.3 is 10.5 Å². The van der Waals surface area contributed by atoms with Crippen LogP contribution in [0.5, 0.6) is 0 Å². The molecular formula is C16H16N4O2. The Kier molecular flexibility index (Phi) is 3.50. The quantitative estimate of drug-likeness (QED) is 0.593. The number of hydrogen-bond acceptors (Lipinski definition) is 5. The van der Waals surface area contributed by atoms with Crippen LogP contribution in [-0.2, 0) is 4.74 Å². The highest BCUT2D eigenvalue weighted by Gasteiger charge is 2.09. The average molecular weight is 296 g/mol. The SMILES string of the molecule is CCOC(=O)c1ccc(-n2nc3cc(C)c(N)cc3n2)cc1. The molecule has 0 spiro atoms. The minimum absolute atomic E-state index is 0.337. The molecule has 3 aromatic rings. The summed E-state index contributed by atoms with van der Waals surface area (Å²) >= 11 is 0. The third kappa shape index (κ3) is 2.50. The van der Waals surface area contributed by atoms with Crippen LogP contribution < -0.4 is 5.73 Å². The first-order valence-corrected chi connectivity index (χ1v) is 6.99. The summed E-state index contributed by atoms with van der Waals surface area (Å²) in [5, 5.41) is 8.83. The van der Waals surface area contributed by atoms with Crippen LogP contribution in [0.25, 0.3) is 16.7 Å². The van der Waals surface area contributed by atoms with Gasteiger partial charge in [0.15, 0.2) is 0 Å². The lowest BCUT2D eigenvalue weighted by atomic mass is 10.2. The van der Waals surface area contributed by atoms with E-state index < -0.39 is 0 Å². The second kappa shape index (κ2) is 5.48. The van der Waals surface area contributed by atoms with Crippen molar-refractivity contribution in [2.75, 3.05) is 12.3 Å².